The number of nitrogens with zero attached hydrogens (tertiary/aromatic N) is 2. The van der Waals surface area contributed by atoms with Crippen LogP contribution in [-0.2, 0) is 16.0 Å². The third kappa shape index (κ3) is 6.10. The van der Waals surface area contributed by atoms with Gasteiger partial charge in [-0.05, 0) is 42.0 Å². The molecule has 3 aromatic rings. The topological polar surface area (TPSA) is 84.0 Å². The lowest BCUT2D eigenvalue weighted by atomic mass is 10.1. The van der Waals surface area contributed by atoms with Crippen molar-refractivity contribution in [3.05, 3.63) is 65.7 Å². The highest BCUT2D eigenvalue weighted by molar-refractivity contribution is 8.01. The van der Waals surface area contributed by atoms with Crippen molar-refractivity contribution in [2.75, 3.05) is 16.4 Å². The molecule has 0 radical (unpaired) electrons. The van der Waals surface area contributed by atoms with Gasteiger partial charge in [0.25, 0.3) is 0 Å². The van der Waals surface area contributed by atoms with E-state index in [0.29, 0.717) is 20.7 Å². The van der Waals surface area contributed by atoms with E-state index in [1.807, 2.05) is 0 Å². The van der Waals surface area contributed by atoms with Crippen LogP contribution < -0.4 is 10.6 Å². The molecule has 28 heavy (non-hydrogen) atoms. The maximum Gasteiger partial charge on any atom is 0.234 e. The Bertz CT molecular complexity index is 962. The van der Waals surface area contributed by atoms with Crippen LogP contribution in [0.4, 0.5) is 19.6 Å². The summed E-state index contributed by atoms with van der Waals surface area (Å²) in [7, 11) is 0. The van der Waals surface area contributed by atoms with Crippen molar-refractivity contribution < 1.29 is 18.4 Å². The second-order valence-electron chi connectivity index (χ2n) is 5.57. The summed E-state index contributed by atoms with van der Waals surface area (Å²) in [5, 5.41) is 13.4. The van der Waals surface area contributed by atoms with Crippen molar-refractivity contribution in [1.82, 2.24) is 10.2 Å². The fraction of sp³-hybridized carbons (Fsp3) is 0.111. The average Bonchev–Trinajstić information content (AvgIpc) is 3.11. The fourth-order valence-corrected chi connectivity index (χ4v) is 3.70. The first kappa shape index (κ1) is 19.9. The minimum absolute atomic E-state index is 0.0857. The Balaban J connectivity index is 1.45. The van der Waals surface area contributed by atoms with Gasteiger partial charge in [-0.15, -0.1) is 10.2 Å². The minimum Gasteiger partial charge on any atom is -0.325 e. The van der Waals surface area contributed by atoms with E-state index in [-0.39, 0.29) is 35.6 Å². The number of thioether (sulfide) groups is 1. The van der Waals surface area contributed by atoms with Crippen molar-refractivity contribution in [1.29, 1.82) is 0 Å². The van der Waals surface area contributed by atoms with Crippen molar-refractivity contribution in [3.63, 3.8) is 0 Å². The van der Waals surface area contributed by atoms with E-state index in [4.69, 9.17) is 0 Å². The predicted octanol–water partition coefficient (Wildman–Crippen LogP) is 3.73. The standard InChI is InChI=1S/C18H14F2N4O2S2/c19-12-3-1-11(2-4-12)9-15(25)22-17-23-24-18(28-17)27-10-16(26)21-14-7-5-13(20)6-8-14/h1-8H,9-10H2,(H,21,26)(H,22,23,25). The Morgan fingerprint density at radius 2 is 1.54 bits per heavy atom. The van der Waals surface area contributed by atoms with E-state index in [1.54, 1.807) is 0 Å². The van der Waals surface area contributed by atoms with Crippen molar-refractivity contribution in [3.8, 4) is 0 Å². The van der Waals surface area contributed by atoms with Gasteiger partial charge in [0.15, 0.2) is 4.34 Å². The summed E-state index contributed by atoms with van der Waals surface area (Å²) in [6.07, 6.45) is 0.0857. The van der Waals surface area contributed by atoms with Crippen LogP contribution in [0.5, 0.6) is 0 Å². The molecule has 144 valence electrons. The van der Waals surface area contributed by atoms with Crippen LogP contribution in [0.2, 0.25) is 0 Å². The molecule has 2 aromatic carbocycles. The zero-order valence-corrected chi connectivity index (χ0v) is 15.9. The Labute approximate surface area is 167 Å². The van der Waals surface area contributed by atoms with Crippen LogP contribution in [0.1, 0.15) is 5.56 Å². The number of anilines is 2. The summed E-state index contributed by atoms with van der Waals surface area (Å²) in [5.74, 6) is -1.22. The second kappa shape index (κ2) is 9.38. The second-order valence-corrected chi connectivity index (χ2v) is 7.77. The first-order chi connectivity index (χ1) is 13.5. The number of benzene rings is 2. The van der Waals surface area contributed by atoms with E-state index in [9.17, 15) is 18.4 Å². The number of hydrogen-bond acceptors (Lipinski definition) is 6. The lowest BCUT2D eigenvalue weighted by Gasteiger charge is -2.03. The SMILES string of the molecule is O=C(CSc1nnc(NC(=O)Cc2ccc(F)cc2)s1)Nc1ccc(F)cc1. The molecule has 0 bridgehead atoms. The Morgan fingerprint density at radius 1 is 0.893 bits per heavy atom. The highest BCUT2D eigenvalue weighted by atomic mass is 32.2. The molecule has 0 atom stereocenters. The van der Waals surface area contributed by atoms with Crippen LogP contribution in [0, 0.1) is 11.6 Å². The highest BCUT2D eigenvalue weighted by Crippen LogP contribution is 2.25. The maximum absolute atomic E-state index is 12.9. The van der Waals surface area contributed by atoms with Gasteiger partial charge in [0.05, 0.1) is 12.2 Å². The zero-order chi connectivity index (χ0) is 19.9. The molecule has 1 aromatic heterocycles. The monoisotopic (exact) mass is 420 g/mol. The van der Waals surface area contributed by atoms with Gasteiger partial charge >= 0.3 is 0 Å². The molecule has 1 heterocycles. The fourth-order valence-electron chi connectivity index (χ4n) is 2.13. The lowest BCUT2D eigenvalue weighted by molar-refractivity contribution is -0.115. The summed E-state index contributed by atoms with van der Waals surface area (Å²) < 4.78 is 26.2. The number of amides is 2. The highest BCUT2D eigenvalue weighted by Gasteiger charge is 2.11. The smallest absolute Gasteiger partial charge is 0.234 e. The molecule has 0 aliphatic heterocycles. The summed E-state index contributed by atoms with van der Waals surface area (Å²) in [6, 6.07) is 11.1. The molecule has 6 nitrogen and oxygen atoms in total. The number of carbonyl (C=O) groups is 2. The normalized spacial score (nSPS) is 10.5. The van der Waals surface area contributed by atoms with Crippen molar-refractivity contribution in [2.24, 2.45) is 0 Å². The van der Waals surface area contributed by atoms with Crippen LogP contribution in [0.3, 0.4) is 0 Å². The van der Waals surface area contributed by atoms with E-state index < -0.39 is 0 Å². The molecular weight excluding hydrogens is 406 g/mol. The molecule has 3 rings (SSSR count). The summed E-state index contributed by atoms with van der Waals surface area (Å²) >= 11 is 2.31. The van der Waals surface area contributed by atoms with Crippen LogP contribution >= 0.6 is 23.1 Å². The number of halogens is 2. The molecule has 0 saturated carbocycles. The predicted molar refractivity (Wildman–Crippen MR) is 104 cm³/mol. The number of aromatic nitrogens is 2. The summed E-state index contributed by atoms with van der Waals surface area (Å²) in [6.45, 7) is 0. The van der Waals surface area contributed by atoms with Crippen molar-refractivity contribution in [2.45, 2.75) is 10.8 Å². The molecule has 0 saturated heterocycles. The van der Waals surface area contributed by atoms with E-state index >= 15 is 0 Å². The van der Waals surface area contributed by atoms with Crippen LogP contribution in [-0.4, -0.2) is 27.8 Å². The van der Waals surface area contributed by atoms with Gasteiger partial charge in [0, 0.05) is 5.69 Å². The van der Waals surface area contributed by atoms with E-state index in [0.717, 1.165) is 11.3 Å². The number of hydrogen-bond donors (Lipinski definition) is 2. The third-order valence-corrected chi connectivity index (χ3v) is 5.36. The number of carbonyl (C=O) groups excluding carboxylic acids is 2. The zero-order valence-electron chi connectivity index (χ0n) is 14.3. The number of rotatable bonds is 7. The van der Waals surface area contributed by atoms with Crippen LogP contribution in [0.15, 0.2) is 52.9 Å². The molecule has 2 N–H and O–H groups in total. The van der Waals surface area contributed by atoms with Gasteiger partial charge in [-0.25, -0.2) is 8.78 Å². The van der Waals surface area contributed by atoms with E-state index in [2.05, 4.69) is 20.8 Å². The molecule has 0 spiro atoms. The first-order valence-corrected chi connectivity index (χ1v) is 9.84. The number of nitrogens with one attached hydrogen (secondary N) is 2. The van der Waals surface area contributed by atoms with Crippen molar-refractivity contribution >= 4 is 45.7 Å². The molecule has 10 heteroatoms. The summed E-state index contributed by atoms with van der Waals surface area (Å²) in [5.41, 5.74) is 1.17. The largest absolute Gasteiger partial charge is 0.325 e. The van der Waals surface area contributed by atoms with Gasteiger partial charge in [-0.3, -0.25) is 9.59 Å². The van der Waals surface area contributed by atoms with Gasteiger partial charge in [0.2, 0.25) is 16.9 Å². The quantitative estimate of drug-likeness (QED) is 0.450. The Hall–Kier alpha value is -2.85. The molecular formula is C18H14F2N4O2S2. The molecule has 2 amide bonds. The Kier molecular flexibility index (Phi) is 6.66. The van der Waals surface area contributed by atoms with Gasteiger partial charge in [-0.1, -0.05) is 35.2 Å². The molecule has 0 unspecified atom stereocenters. The lowest BCUT2D eigenvalue weighted by Crippen LogP contribution is -2.14. The van der Waals surface area contributed by atoms with Gasteiger partial charge in [-0.2, -0.15) is 0 Å². The molecule has 0 fully saturated rings. The van der Waals surface area contributed by atoms with E-state index in [1.165, 1.54) is 60.3 Å². The Morgan fingerprint density at radius 3 is 2.21 bits per heavy atom. The van der Waals surface area contributed by atoms with Crippen LogP contribution in [0.25, 0.3) is 0 Å². The van der Waals surface area contributed by atoms with Gasteiger partial charge < -0.3 is 10.6 Å². The first-order valence-electron chi connectivity index (χ1n) is 8.04. The summed E-state index contributed by atoms with van der Waals surface area (Å²) in [4.78, 5) is 23.9. The van der Waals surface area contributed by atoms with Gasteiger partial charge in [0.1, 0.15) is 11.6 Å². The third-order valence-electron chi connectivity index (χ3n) is 3.39. The molecule has 0 aliphatic carbocycles. The maximum atomic E-state index is 12.9. The minimum atomic E-state index is -0.379. The average molecular weight is 420 g/mol. The molecule has 0 aliphatic rings.